The number of para-hydroxylation sites is 1. The van der Waals surface area contributed by atoms with Crippen LogP contribution >= 0.6 is 0 Å². The van der Waals surface area contributed by atoms with Crippen LogP contribution in [0.3, 0.4) is 0 Å². The van der Waals surface area contributed by atoms with E-state index in [-0.39, 0.29) is 12.1 Å². The van der Waals surface area contributed by atoms with Crippen molar-refractivity contribution >= 4 is 22.8 Å². The van der Waals surface area contributed by atoms with E-state index in [0.29, 0.717) is 10.9 Å². The van der Waals surface area contributed by atoms with Gasteiger partial charge in [0.05, 0.1) is 17.2 Å². The van der Waals surface area contributed by atoms with E-state index < -0.39 is 17.4 Å². The molecule has 1 aromatic carbocycles. The Hall–Kier alpha value is -2.70. The number of nitrogens with zero attached hydrogens (tertiary/aromatic N) is 2. The highest BCUT2D eigenvalue weighted by atomic mass is 16.4. The van der Waals surface area contributed by atoms with Gasteiger partial charge in [0.25, 0.3) is 5.56 Å². The molecule has 0 saturated carbocycles. The number of carbonyl (C=O) groups excluding carboxylic acids is 1. The van der Waals surface area contributed by atoms with E-state index in [9.17, 15) is 14.4 Å². The summed E-state index contributed by atoms with van der Waals surface area (Å²) in [7, 11) is 0. The van der Waals surface area contributed by atoms with Crippen LogP contribution in [0.15, 0.2) is 35.4 Å². The molecular formula is C14H15N3O4. The first-order valence-electron chi connectivity index (χ1n) is 6.30. The number of rotatable bonds is 4. The van der Waals surface area contributed by atoms with E-state index in [4.69, 9.17) is 5.11 Å². The molecule has 0 radical (unpaired) electrons. The fourth-order valence-corrected chi connectivity index (χ4v) is 1.81. The largest absolute Gasteiger partial charge is 0.480 e. The molecule has 21 heavy (non-hydrogen) atoms. The highest BCUT2D eigenvalue weighted by Gasteiger charge is 2.28. The van der Waals surface area contributed by atoms with E-state index in [1.165, 1.54) is 20.2 Å². The molecule has 0 unspecified atom stereocenters. The lowest BCUT2D eigenvalue weighted by molar-refractivity contribution is -0.146. The first-order chi connectivity index (χ1) is 9.81. The van der Waals surface area contributed by atoms with Crippen LogP contribution in [-0.4, -0.2) is 32.1 Å². The van der Waals surface area contributed by atoms with E-state index in [1.807, 2.05) is 0 Å². The summed E-state index contributed by atoms with van der Waals surface area (Å²) in [5.41, 5.74) is -1.20. The van der Waals surface area contributed by atoms with Crippen LogP contribution in [0, 0.1) is 0 Å². The van der Waals surface area contributed by atoms with Gasteiger partial charge in [-0.1, -0.05) is 12.1 Å². The first kappa shape index (κ1) is 14.7. The number of amides is 1. The maximum absolute atomic E-state index is 12.2. The summed E-state index contributed by atoms with van der Waals surface area (Å²) in [6.07, 6.45) is 1.28. The molecule has 0 aliphatic carbocycles. The van der Waals surface area contributed by atoms with Gasteiger partial charge in [0, 0.05) is 0 Å². The minimum Gasteiger partial charge on any atom is -0.480 e. The third-order valence-corrected chi connectivity index (χ3v) is 3.03. The number of carboxylic acid groups (broad SMARTS) is 1. The molecule has 1 amide bonds. The molecule has 7 heteroatoms. The zero-order chi connectivity index (χ0) is 15.6. The Morgan fingerprint density at radius 3 is 2.67 bits per heavy atom. The van der Waals surface area contributed by atoms with Crippen molar-refractivity contribution in [3.63, 3.8) is 0 Å². The van der Waals surface area contributed by atoms with Crippen LogP contribution in [0.25, 0.3) is 10.9 Å². The number of carbonyl (C=O) groups is 2. The molecule has 2 N–H and O–H groups in total. The van der Waals surface area contributed by atoms with Crippen molar-refractivity contribution in [1.82, 2.24) is 14.9 Å². The molecule has 1 heterocycles. The van der Waals surface area contributed by atoms with Gasteiger partial charge in [0.15, 0.2) is 0 Å². The predicted octanol–water partition coefficient (Wildman–Crippen LogP) is 0.376. The van der Waals surface area contributed by atoms with Gasteiger partial charge >= 0.3 is 5.97 Å². The zero-order valence-electron chi connectivity index (χ0n) is 11.7. The SMILES string of the molecule is CC(C)(NC(=O)Cn1cnc2ccccc2c1=O)C(=O)O. The van der Waals surface area contributed by atoms with Crippen molar-refractivity contribution < 1.29 is 14.7 Å². The monoisotopic (exact) mass is 289 g/mol. The van der Waals surface area contributed by atoms with Crippen LogP contribution in [0.2, 0.25) is 0 Å². The van der Waals surface area contributed by atoms with Crippen molar-refractivity contribution in [2.24, 2.45) is 0 Å². The summed E-state index contributed by atoms with van der Waals surface area (Å²) in [5, 5.41) is 11.7. The number of aromatic nitrogens is 2. The topological polar surface area (TPSA) is 101 Å². The molecule has 0 fully saturated rings. The summed E-state index contributed by atoms with van der Waals surface area (Å²) in [6, 6.07) is 6.81. The van der Waals surface area contributed by atoms with Gasteiger partial charge in [0.1, 0.15) is 12.1 Å². The average Bonchev–Trinajstić information content (AvgIpc) is 2.41. The minimum atomic E-state index is -1.40. The molecule has 0 aliphatic heterocycles. The van der Waals surface area contributed by atoms with Gasteiger partial charge in [-0.3, -0.25) is 14.2 Å². The lowest BCUT2D eigenvalue weighted by Crippen LogP contribution is -2.51. The predicted molar refractivity (Wildman–Crippen MR) is 75.9 cm³/mol. The fourth-order valence-electron chi connectivity index (χ4n) is 1.81. The highest BCUT2D eigenvalue weighted by Crippen LogP contribution is 2.05. The van der Waals surface area contributed by atoms with Crippen molar-refractivity contribution in [3.8, 4) is 0 Å². The number of hydrogen-bond donors (Lipinski definition) is 2. The number of carboxylic acids is 1. The average molecular weight is 289 g/mol. The maximum Gasteiger partial charge on any atom is 0.328 e. The Morgan fingerprint density at radius 1 is 1.33 bits per heavy atom. The lowest BCUT2D eigenvalue weighted by Gasteiger charge is -2.21. The van der Waals surface area contributed by atoms with E-state index in [1.54, 1.807) is 24.3 Å². The van der Waals surface area contributed by atoms with Crippen molar-refractivity contribution in [3.05, 3.63) is 40.9 Å². The Kier molecular flexibility index (Phi) is 3.75. The Labute approximate surface area is 120 Å². The van der Waals surface area contributed by atoms with Crippen molar-refractivity contribution in [2.45, 2.75) is 25.9 Å². The van der Waals surface area contributed by atoms with Gasteiger partial charge < -0.3 is 10.4 Å². The molecule has 0 saturated heterocycles. The summed E-state index contributed by atoms with van der Waals surface area (Å²) in [6.45, 7) is 2.46. The Balaban J connectivity index is 2.25. The van der Waals surface area contributed by atoms with Gasteiger partial charge in [-0.2, -0.15) is 0 Å². The van der Waals surface area contributed by atoms with Crippen molar-refractivity contribution in [1.29, 1.82) is 0 Å². The number of nitrogens with one attached hydrogen (secondary N) is 1. The van der Waals surface area contributed by atoms with Gasteiger partial charge in [-0.15, -0.1) is 0 Å². The Bertz CT molecular complexity index is 764. The summed E-state index contributed by atoms with van der Waals surface area (Å²) in [5.74, 6) is -1.72. The summed E-state index contributed by atoms with van der Waals surface area (Å²) in [4.78, 5) is 39.1. The van der Waals surface area contributed by atoms with Crippen molar-refractivity contribution in [2.75, 3.05) is 0 Å². The Morgan fingerprint density at radius 2 is 2.00 bits per heavy atom. The van der Waals surface area contributed by atoms with Gasteiger partial charge in [-0.05, 0) is 26.0 Å². The molecule has 7 nitrogen and oxygen atoms in total. The third kappa shape index (κ3) is 3.07. The minimum absolute atomic E-state index is 0.284. The molecular weight excluding hydrogens is 274 g/mol. The first-order valence-corrected chi connectivity index (χ1v) is 6.30. The molecule has 0 aliphatic rings. The van der Waals surface area contributed by atoms with Crippen LogP contribution in [0.1, 0.15) is 13.8 Å². The standard InChI is InChI=1S/C14H15N3O4/c1-14(2,13(20)21)16-11(18)7-17-8-15-10-6-4-3-5-9(10)12(17)19/h3-6,8H,7H2,1-2H3,(H,16,18)(H,20,21). The van der Waals surface area contributed by atoms with E-state index in [0.717, 1.165) is 4.57 Å². The second-order valence-electron chi connectivity index (χ2n) is 5.17. The third-order valence-electron chi connectivity index (χ3n) is 3.03. The molecule has 2 rings (SSSR count). The normalized spacial score (nSPS) is 11.3. The number of aliphatic carboxylic acids is 1. The van der Waals surface area contributed by atoms with E-state index in [2.05, 4.69) is 10.3 Å². The van der Waals surface area contributed by atoms with Crippen LogP contribution < -0.4 is 10.9 Å². The number of hydrogen-bond acceptors (Lipinski definition) is 4. The zero-order valence-corrected chi connectivity index (χ0v) is 11.7. The molecule has 1 aromatic heterocycles. The fraction of sp³-hybridized carbons (Fsp3) is 0.286. The molecule has 0 bridgehead atoms. The van der Waals surface area contributed by atoms with Crippen LogP contribution in [0.5, 0.6) is 0 Å². The van der Waals surface area contributed by atoms with Gasteiger partial charge in [0.2, 0.25) is 5.91 Å². The number of fused-ring (bicyclic) bond motifs is 1. The molecule has 2 aromatic rings. The van der Waals surface area contributed by atoms with E-state index >= 15 is 0 Å². The summed E-state index contributed by atoms with van der Waals surface area (Å²) >= 11 is 0. The van der Waals surface area contributed by atoms with Crippen LogP contribution in [0.4, 0.5) is 0 Å². The highest BCUT2D eigenvalue weighted by molar-refractivity contribution is 5.86. The maximum atomic E-state index is 12.2. The second-order valence-corrected chi connectivity index (χ2v) is 5.17. The quantitative estimate of drug-likeness (QED) is 0.847. The smallest absolute Gasteiger partial charge is 0.328 e. The second kappa shape index (κ2) is 5.35. The van der Waals surface area contributed by atoms with Crippen LogP contribution in [-0.2, 0) is 16.1 Å². The molecule has 110 valence electrons. The lowest BCUT2D eigenvalue weighted by atomic mass is 10.1. The molecule has 0 spiro atoms. The summed E-state index contributed by atoms with van der Waals surface area (Å²) < 4.78 is 1.15. The molecule has 0 atom stereocenters. The number of benzene rings is 1. The van der Waals surface area contributed by atoms with Gasteiger partial charge in [-0.25, -0.2) is 9.78 Å².